The van der Waals surface area contributed by atoms with E-state index in [0.717, 1.165) is 0 Å². The monoisotopic (exact) mass is 422 g/mol. The standard InChI is InChI=1S/C25H43Br/c1-4-5-6-7-8-9-10-11-12-13-14-15-16-17-20-23-21-18-19-22-24(23)25(2,3)26/h18-19,21-22H,4-17,20H2,1-3H3. The lowest BCUT2D eigenvalue weighted by molar-refractivity contribution is 0.535. The van der Waals surface area contributed by atoms with Crippen molar-refractivity contribution in [3.63, 3.8) is 0 Å². The van der Waals surface area contributed by atoms with E-state index >= 15 is 0 Å². The number of unbranched alkanes of at least 4 members (excludes halogenated alkanes) is 13. The van der Waals surface area contributed by atoms with Gasteiger partial charge in [-0.2, -0.15) is 0 Å². The lowest BCUT2D eigenvalue weighted by Gasteiger charge is -2.21. The van der Waals surface area contributed by atoms with E-state index in [4.69, 9.17) is 0 Å². The van der Waals surface area contributed by atoms with Gasteiger partial charge in [-0.25, -0.2) is 0 Å². The van der Waals surface area contributed by atoms with Gasteiger partial charge in [-0.3, -0.25) is 0 Å². The summed E-state index contributed by atoms with van der Waals surface area (Å²) in [5.74, 6) is 0. The normalized spacial score (nSPS) is 11.8. The second kappa shape index (κ2) is 14.7. The molecule has 26 heavy (non-hydrogen) atoms. The molecule has 1 rings (SSSR count). The molecule has 0 fully saturated rings. The third kappa shape index (κ3) is 11.4. The average Bonchev–Trinajstić information content (AvgIpc) is 2.61. The zero-order valence-electron chi connectivity index (χ0n) is 17.8. The molecule has 0 spiro atoms. The highest BCUT2D eigenvalue weighted by Crippen LogP contribution is 2.33. The topological polar surface area (TPSA) is 0 Å². The van der Waals surface area contributed by atoms with Crippen LogP contribution in [0.2, 0.25) is 0 Å². The third-order valence-electron chi connectivity index (χ3n) is 5.46. The van der Waals surface area contributed by atoms with Crippen molar-refractivity contribution in [2.75, 3.05) is 0 Å². The number of hydrogen-bond donors (Lipinski definition) is 0. The molecule has 0 amide bonds. The summed E-state index contributed by atoms with van der Waals surface area (Å²) in [7, 11) is 0. The number of halogens is 1. The fraction of sp³-hybridized carbons (Fsp3) is 0.760. The van der Waals surface area contributed by atoms with E-state index in [9.17, 15) is 0 Å². The van der Waals surface area contributed by atoms with E-state index in [1.165, 1.54) is 107 Å². The second-order valence-corrected chi connectivity index (χ2v) is 10.5. The van der Waals surface area contributed by atoms with Crippen LogP contribution in [0.25, 0.3) is 0 Å². The highest BCUT2D eigenvalue weighted by Gasteiger charge is 2.18. The zero-order chi connectivity index (χ0) is 19.1. The molecule has 1 aromatic carbocycles. The Morgan fingerprint density at radius 1 is 0.654 bits per heavy atom. The second-order valence-electron chi connectivity index (χ2n) is 8.48. The molecular weight excluding hydrogens is 380 g/mol. The highest BCUT2D eigenvalue weighted by molar-refractivity contribution is 9.09. The smallest absolute Gasteiger partial charge is 0.0452 e. The number of benzene rings is 1. The fourth-order valence-corrected chi connectivity index (χ4v) is 4.22. The van der Waals surface area contributed by atoms with Crippen molar-refractivity contribution in [3.05, 3.63) is 35.4 Å². The van der Waals surface area contributed by atoms with Gasteiger partial charge in [0.1, 0.15) is 0 Å². The van der Waals surface area contributed by atoms with E-state index in [0.29, 0.717) is 0 Å². The first kappa shape index (κ1) is 23.7. The summed E-state index contributed by atoms with van der Waals surface area (Å²) in [6, 6.07) is 8.92. The largest absolute Gasteiger partial charge is 0.0807 e. The van der Waals surface area contributed by atoms with Crippen LogP contribution in [0.1, 0.15) is 122 Å². The summed E-state index contributed by atoms with van der Waals surface area (Å²) in [6.07, 6.45) is 21.2. The van der Waals surface area contributed by atoms with E-state index in [-0.39, 0.29) is 4.32 Å². The molecule has 0 aliphatic heterocycles. The van der Waals surface area contributed by atoms with Gasteiger partial charge in [0.05, 0.1) is 0 Å². The summed E-state index contributed by atoms with van der Waals surface area (Å²) in [4.78, 5) is 0. The van der Waals surface area contributed by atoms with Crippen molar-refractivity contribution in [1.29, 1.82) is 0 Å². The van der Waals surface area contributed by atoms with Gasteiger partial charge in [-0.15, -0.1) is 0 Å². The first-order valence-corrected chi connectivity index (χ1v) is 12.1. The first-order chi connectivity index (χ1) is 12.6. The molecule has 0 saturated heterocycles. The van der Waals surface area contributed by atoms with Crippen molar-refractivity contribution in [2.24, 2.45) is 0 Å². The molecule has 0 heterocycles. The predicted octanol–water partition coefficient (Wildman–Crippen LogP) is 9.34. The van der Waals surface area contributed by atoms with Crippen LogP contribution in [0.3, 0.4) is 0 Å². The van der Waals surface area contributed by atoms with E-state index in [1.807, 2.05) is 0 Å². The van der Waals surface area contributed by atoms with Gasteiger partial charge in [0, 0.05) is 4.32 Å². The van der Waals surface area contributed by atoms with Crippen LogP contribution >= 0.6 is 15.9 Å². The molecule has 0 nitrogen and oxygen atoms in total. The summed E-state index contributed by atoms with van der Waals surface area (Å²) < 4.78 is 0.0829. The van der Waals surface area contributed by atoms with Crippen molar-refractivity contribution in [1.82, 2.24) is 0 Å². The molecule has 0 radical (unpaired) electrons. The Kier molecular flexibility index (Phi) is 13.4. The summed E-state index contributed by atoms with van der Waals surface area (Å²) in [5.41, 5.74) is 2.98. The van der Waals surface area contributed by atoms with Gasteiger partial charge in [-0.05, 0) is 37.8 Å². The fourth-order valence-electron chi connectivity index (χ4n) is 3.83. The highest BCUT2D eigenvalue weighted by atomic mass is 79.9. The molecule has 0 saturated carbocycles. The summed E-state index contributed by atoms with van der Waals surface area (Å²) >= 11 is 3.82. The van der Waals surface area contributed by atoms with Crippen molar-refractivity contribution >= 4 is 15.9 Å². The number of hydrogen-bond acceptors (Lipinski definition) is 0. The van der Waals surface area contributed by atoms with Crippen LogP contribution in [0.4, 0.5) is 0 Å². The van der Waals surface area contributed by atoms with Crippen LogP contribution in [-0.2, 0) is 10.7 Å². The molecule has 0 unspecified atom stereocenters. The van der Waals surface area contributed by atoms with Gasteiger partial charge in [0.2, 0.25) is 0 Å². The Balaban J connectivity index is 1.96. The van der Waals surface area contributed by atoms with Crippen LogP contribution in [0.5, 0.6) is 0 Å². The Morgan fingerprint density at radius 2 is 1.08 bits per heavy atom. The molecule has 1 heteroatoms. The minimum atomic E-state index is 0.0829. The molecular formula is C25H43Br. The molecule has 0 aromatic heterocycles. The number of alkyl halides is 1. The maximum Gasteiger partial charge on any atom is 0.0452 e. The average molecular weight is 424 g/mol. The molecule has 0 aliphatic carbocycles. The Hall–Kier alpha value is -0.300. The maximum atomic E-state index is 3.82. The minimum absolute atomic E-state index is 0.0829. The maximum absolute atomic E-state index is 3.82. The molecule has 0 aliphatic rings. The Morgan fingerprint density at radius 3 is 1.54 bits per heavy atom. The summed E-state index contributed by atoms with van der Waals surface area (Å²) in [6.45, 7) is 6.79. The lowest BCUT2D eigenvalue weighted by Crippen LogP contribution is -2.10. The van der Waals surface area contributed by atoms with Gasteiger partial charge in [0.15, 0.2) is 0 Å². The van der Waals surface area contributed by atoms with Crippen LogP contribution in [0, 0.1) is 0 Å². The van der Waals surface area contributed by atoms with E-state index < -0.39 is 0 Å². The van der Waals surface area contributed by atoms with Crippen LogP contribution in [0.15, 0.2) is 24.3 Å². The third-order valence-corrected chi connectivity index (χ3v) is 5.88. The van der Waals surface area contributed by atoms with Crippen molar-refractivity contribution in [2.45, 2.75) is 121 Å². The first-order valence-electron chi connectivity index (χ1n) is 11.3. The SMILES string of the molecule is CCCCCCCCCCCCCCCCc1ccccc1C(C)(C)Br. The molecule has 0 N–H and O–H groups in total. The summed E-state index contributed by atoms with van der Waals surface area (Å²) in [5, 5.41) is 0. The Labute approximate surface area is 172 Å². The van der Waals surface area contributed by atoms with Crippen molar-refractivity contribution < 1.29 is 0 Å². The molecule has 0 bridgehead atoms. The minimum Gasteiger partial charge on any atom is -0.0807 e. The molecule has 1 aromatic rings. The zero-order valence-corrected chi connectivity index (χ0v) is 19.4. The van der Waals surface area contributed by atoms with Crippen LogP contribution < -0.4 is 0 Å². The van der Waals surface area contributed by atoms with Crippen LogP contribution in [-0.4, -0.2) is 0 Å². The van der Waals surface area contributed by atoms with Gasteiger partial charge >= 0.3 is 0 Å². The quantitative estimate of drug-likeness (QED) is 0.183. The van der Waals surface area contributed by atoms with Gasteiger partial charge < -0.3 is 0 Å². The lowest BCUT2D eigenvalue weighted by atomic mass is 9.93. The van der Waals surface area contributed by atoms with Gasteiger partial charge in [-0.1, -0.05) is 131 Å². The predicted molar refractivity (Wildman–Crippen MR) is 122 cm³/mol. The van der Waals surface area contributed by atoms with E-state index in [2.05, 4.69) is 61.0 Å². The van der Waals surface area contributed by atoms with E-state index in [1.54, 1.807) is 0 Å². The number of rotatable bonds is 16. The molecule has 0 atom stereocenters. The Bertz CT molecular complexity index is 444. The van der Waals surface area contributed by atoms with Crippen molar-refractivity contribution in [3.8, 4) is 0 Å². The van der Waals surface area contributed by atoms with Gasteiger partial charge in [0.25, 0.3) is 0 Å². The number of aryl methyl sites for hydroxylation is 1. The molecule has 150 valence electrons.